The van der Waals surface area contributed by atoms with Crippen LogP contribution in [0.3, 0.4) is 0 Å². The Hall–Kier alpha value is -2.94. The number of hydrogen-bond donors (Lipinski definition) is 5. The minimum atomic E-state index is -3.62. The number of guanidine groups is 1. The lowest BCUT2D eigenvalue weighted by Crippen LogP contribution is -2.34. The molecule has 0 amide bonds. The lowest BCUT2D eigenvalue weighted by Gasteiger charge is -2.20. The highest BCUT2D eigenvalue weighted by atomic mass is 79.9. The molecule has 192 valence electrons. The van der Waals surface area contributed by atoms with Gasteiger partial charge in [0.2, 0.25) is 17.6 Å². The SMILES string of the molecule is N/C(=N/S(=O)(=O)CC1CCCCC1)NCCCNc1nonc1/C(=N/O)Nc1ccc(F)c(Br)c1. The molecule has 0 unspecified atom stereocenters. The van der Waals surface area contributed by atoms with Crippen LogP contribution in [0, 0.1) is 11.7 Å². The smallest absolute Gasteiger partial charge is 0.256 e. The van der Waals surface area contributed by atoms with Gasteiger partial charge in [0.1, 0.15) is 5.82 Å². The van der Waals surface area contributed by atoms with Gasteiger partial charge in [-0.3, -0.25) is 0 Å². The molecule has 0 radical (unpaired) electrons. The van der Waals surface area contributed by atoms with Crippen molar-refractivity contribution in [2.45, 2.75) is 38.5 Å². The normalized spacial score (nSPS) is 15.7. The number of nitrogens with zero attached hydrogens (tertiary/aromatic N) is 4. The van der Waals surface area contributed by atoms with Crippen molar-refractivity contribution in [2.75, 3.05) is 29.5 Å². The number of oxime groups is 1. The summed E-state index contributed by atoms with van der Waals surface area (Å²) in [6.45, 7) is 0.738. The monoisotopic (exact) mass is 574 g/mol. The van der Waals surface area contributed by atoms with Crippen molar-refractivity contribution in [3.8, 4) is 0 Å². The molecule has 2 aromatic rings. The highest BCUT2D eigenvalue weighted by molar-refractivity contribution is 9.10. The molecular weight excluding hydrogens is 547 g/mol. The third-order valence-corrected chi connectivity index (χ3v) is 7.33. The summed E-state index contributed by atoms with van der Waals surface area (Å²) in [7, 11) is -3.62. The maximum Gasteiger partial charge on any atom is 0.256 e. The van der Waals surface area contributed by atoms with Gasteiger partial charge in [-0.05, 0) is 69.6 Å². The van der Waals surface area contributed by atoms with Gasteiger partial charge in [-0.25, -0.2) is 17.4 Å². The zero-order valence-electron chi connectivity index (χ0n) is 18.9. The second-order valence-corrected chi connectivity index (χ2v) is 10.6. The Morgan fingerprint density at radius 3 is 2.74 bits per heavy atom. The molecule has 1 aliphatic carbocycles. The molecule has 1 aliphatic rings. The van der Waals surface area contributed by atoms with Crippen LogP contribution < -0.4 is 21.7 Å². The maximum absolute atomic E-state index is 13.4. The highest BCUT2D eigenvalue weighted by Gasteiger charge is 2.21. The summed E-state index contributed by atoms with van der Waals surface area (Å²) >= 11 is 3.09. The van der Waals surface area contributed by atoms with E-state index in [1.54, 1.807) is 0 Å². The van der Waals surface area contributed by atoms with E-state index in [9.17, 15) is 18.0 Å². The summed E-state index contributed by atoms with van der Waals surface area (Å²) in [4.78, 5) is 0. The molecule has 1 aromatic carbocycles. The van der Waals surface area contributed by atoms with Gasteiger partial charge in [-0.1, -0.05) is 24.4 Å². The zero-order valence-corrected chi connectivity index (χ0v) is 21.3. The van der Waals surface area contributed by atoms with Crippen LogP contribution in [0.5, 0.6) is 0 Å². The van der Waals surface area contributed by atoms with Crippen molar-refractivity contribution in [1.82, 2.24) is 15.6 Å². The minimum Gasteiger partial charge on any atom is -0.409 e. The quantitative estimate of drug-likeness (QED) is 0.0930. The van der Waals surface area contributed by atoms with E-state index in [0.29, 0.717) is 25.2 Å². The van der Waals surface area contributed by atoms with Crippen molar-refractivity contribution in [3.05, 3.63) is 34.2 Å². The molecule has 15 heteroatoms. The predicted molar refractivity (Wildman–Crippen MR) is 133 cm³/mol. The third-order valence-electron chi connectivity index (χ3n) is 5.36. The fraction of sp³-hybridized carbons (Fsp3) is 0.500. The second-order valence-electron chi connectivity index (χ2n) is 8.10. The number of benzene rings is 1. The van der Waals surface area contributed by atoms with E-state index in [1.807, 2.05) is 0 Å². The molecule has 0 saturated heterocycles. The number of anilines is 2. The summed E-state index contributed by atoms with van der Waals surface area (Å²) in [5.41, 5.74) is 6.29. The molecular formula is C20H28BrFN8O4S. The summed E-state index contributed by atoms with van der Waals surface area (Å²) in [6, 6.07) is 4.16. The van der Waals surface area contributed by atoms with Gasteiger partial charge in [0.05, 0.1) is 10.2 Å². The topological polar surface area (TPSA) is 180 Å². The van der Waals surface area contributed by atoms with E-state index in [4.69, 9.17) is 10.4 Å². The number of aromatic nitrogens is 2. The van der Waals surface area contributed by atoms with Crippen LogP contribution in [-0.2, 0) is 10.0 Å². The first kappa shape index (κ1) is 26.7. The molecule has 0 bridgehead atoms. The van der Waals surface area contributed by atoms with Crippen LogP contribution in [-0.4, -0.2) is 54.6 Å². The number of sulfonamides is 1. The van der Waals surface area contributed by atoms with Crippen molar-refractivity contribution in [1.29, 1.82) is 0 Å². The van der Waals surface area contributed by atoms with Crippen molar-refractivity contribution in [2.24, 2.45) is 21.2 Å². The first-order valence-corrected chi connectivity index (χ1v) is 13.5. The van der Waals surface area contributed by atoms with Crippen LogP contribution in [0.1, 0.15) is 44.2 Å². The molecule has 1 fully saturated rings. The molecule has 0 spiro atoms. The molecule has 0 aliphatic heterocycles. The van der Waals surface area contributed by atoms with Gasteiger partial charge in [0, 0.05) is 18.8 Å². The number of amidine groups is 1. The Bertz CT molecular complexity index is 1150. The molecule has 6 N–H and O–H groups in total. The van der Waals surface area contributed by atoms with E-state index >= 15 is 0 Å². The second kappa shape index (κ2) is 12.7. The third kappa shape index (κ3) is 8.35. The van der Waals surface area contributed by atoms with Crippen molar-refractivity contribution < 1.29 is 22.6 Å². The van der Waals surface area contributed by atoms with Crippen LogP contribution in [0.25, 0.3) is 0 Å². The van der Waals surface area contributed by atoms with Gasteiger partial charge < -0.3 is 26.9 Å². The molecule has 35 heavy (non-hydrogen) atoms. The van der Waals surface area contributed by atoms with Crippen LogP contribution in [0.4, 0.5) is 15.9 Å². The van der Waals surface area contributed by atoms with Crippen LogP contribution in [0.2, 0.25) is 0 Å². The van der Waals surface area contributed by atoms with Gasteiger partial charge >= 0.3 is 0 Å². The maximum atomic E-state index is 13.4. The summed E-state index contributed by atoms with van der Waals surface area (Å²) in [5.74, 6) is -0.269. The van der Waals surface area contributed by atoms with E-state index in [2.05, 4.69) is 51.7 Å². The first-order chi connectivity index (χ1) is 16.8. The molecule has 3 rings (SSSR count). The van der Waals surface area contributed by atoms with Gasteiger partial charge in [-0.15, -0.1) is 4.40 Å². The standard InChI is InChI=1S/C20H28BrFN8O4S/c21-15-11-14(7-8-16(15)22)26-19(27-31)17-18(29-34-28-17)24-9-4-10-25-20(23)30-35(32,33)12-13-5-2-1-3-6-13/h7-8,11,13,31H,1-6,9-10,12H2,(H,24,29)(H,26,27)(H3,23,25,30). The molecule has 12 nitrogen and oxygen atoms in total. The Morgan fingerprint density at radius 2 is 2.03 bits per heavy atom. The largest absolute Gasteiger partial charge is 0.409 e. The number of nitrogens with two attached hydrogens (primary N) is 1. The Labute approximate surface area is 210 Å². The van der Waals surface area contributed by atoms with Crippen molar-refractivity contribution >= 4 is 49.3 Å². The molecule has 1 heterocycles. The summed E-state index contributed by atoms with van der Waals surface area (Å²) < 4.78 is 46.6. The average molecular weight is 575 g/mol. The molecule has 1 saturated carbocycles. The van der Waals surface area contributed by atoms with Gasteiger partial charge in [0.25, 0.3) is 10.0 Å². The number of nitrogens with one attached hydrogen (secondary N) is 3. The van der Waals surface area contributed by atoms with E-state index in [0.717, 1.165) is 32.1 Å². The fourth-order valence-corrected chi connectivity index (χ4v) is 5.43. The molecule has 1 aromatic heterocycles. The fourth-order valence-electron chi connectivity index (χ4n) is 3.68. The predicted octanol–water partition coefficient (Wildman–Crippen LogP) is 2.84. The first-order valence-electron chi connectivity index (χ1n) is 11.1. The van der Waals surface area contributed by atoms with Gasteiger partial charge in [-0.2, -0.15) is 0 Å². The number of rotatable bonds is 10. The summed E-state index contributed by atoms with van der Waals surface area (Å²) in [6.07, 6.45) is 5.60. The zero-order chi connectivity index (χ0) is 25.3. The summed E-state index contributed by atoms with van der Waals surface area (Å²) in [5, 5.41) is 28.6. The molecule has 0 atom stereocenters. The number of hydrogen-bond acceptors (Lipinski definition) is 8. The Morgan fingerprint density at radius 1 is 1.26 bits per heavy atom. The van der Waals surface area contributed by atoms with Crippen LogP contribution >= 0.6 is 15.9 Å². The van der Waals surface area contributed by atoms with E-state index in [-0.39, 0.29) is 39.5 Å². The van der Waals surface area contributed by atoms with Crippen molar-refractivity contribution in [3.63, 3.8) is 0 Å². The highest BCUT2D eigenvalue weighted by Crippen LogP contribution is 2.25. The van der Waals surface area contributed by atoms with E-state index < -0.39 is 15.8 Å². The minimum absolute atomic E-state index is 0.0243. The van der Waals surface area contributed by atoms with Gasteiger partial charge in [0.15, 0.2) is 5.69 Å². The van der Waals surface area contributed by atoms with Crippen LogP contribution in [0.15, 0.2) is 36.9 Å². The lowest BCUT2D eigenvalue weighted by molar-refractivity contribution is 0.305. The Kier molecular flexibility index (Phi) is 9.65. The lowest BCUT2D eigenvalue weighted by atomic mass is 9.91. The van der Waals surface area contributed by atoms with E-state index in [1.165, 1.54) is 18.2 Å². The average Bonchev–Trinajstić information content (AvgIpc) is 3.28. The Balaban J connectivity index is 1.46. The number of halogens is 2.